The summed E-state index contributed by atoms with van der Waals surface area (Å²) in [4.78, 5) is 19.5. The number of anilines is 1. The Hall–Kier alpha value is -2.82. The minimum atomic E-state index is -0.0798. The number of aromatic nitrogens is 2. The van der Waals surface area contributed by atoms with Crippen molar-refractivity contribution < 1.29 is 4.79 Å². The number of para-hydroxylation sites is 2. The summed E-state index contributed by atoms with van der Waals surface area (Å²) >= 11 is 0. The number of benzene rings is 2. The predicted octanol–water partition coefficient (Wildman–Crippen LogP) is 4.22. The Balaban J connectivity index is 1.71. The number of fused-ring (bicyclic) bond motifs is 1. The third kappa shape index (κ3) is 3.97. The van der Waals surface area contributed by atoms with Crippen molar-refractivity contribution in [1.82, 2.24) is 14.9 Å². The molecule has 1 aromatic heterocycles. The van der Waals surface area contributed by atoms with Gasteiger partial charge in [-0.2, -0.15) is 0 Å². The van der Waals surface area contributed by atoms with Gasteiger partial charge in [-0.3, -0.25) is 4.79 Å². The summed E-state index contributed by atoms with van der Waals surface area (Å²) < 4.78 is 2.14. The van der Waals surface area contributed by atoms with Gasteiger partial charge in [-0.05, 0) is 64.1 Å². The van der Waals surface area contributed by atoms with Crippen LogP contribution in [0.3, 0.4) is 0 Å². The number of hydrogen-bond donors (Lipinski definition) is 1. The highest BCUT2D eigenvalue weighted by molar-refractivity contribution is 5.94. The summed E-state index contributed by atoms with van der Waals surface area (Å²) in [6.45, 7) is 10.7. The normalized spacial score (nSPS) is 11.1. The molecule has 1 amide bonds. The first kappa shape index (κ1) is 19.0. The average Bonchev–Trinajstić information content (AvgIpc) is 3.04. The Morgan fingerprint density at radius 2 is 1.81 bits per heavy atom. The molecule has 0 aliphatic rings. The second-order valence-electron chi connectivity index (χ2n) is 6.87. The average molecular weight is 364 g/mol. The molecule has 5 heteroatoms. The SMILES string of the molecule is CCN(c1ccc(C(=O)NCc2nc3ccccc3n2CC)cc1)C(C)C. The number of rotatable bonds is 7. The zero-order chi connectivity index (χ0) is 19.4. The quantitative estimate of drug-likeness (QED) is 0.683. The lowest BCUT2D eigenvalue weighted by atomic mass is 10.1. The predicted molar refractivity (Wildman–Crippen MR) is 111 cm³/mol. The van der Waals surface area contributed by atoms with Crippen molar-refractivity contribution >= 4 is 22.6 Å². The smallest absolute Gasteiger partial charge is 0.251 e. The van der Waals surface area contributed by atoms with Crippen molar-refractivity contribution in [3.05, 3.63) is 59.9 Å². The van der Waals surface area contributed by atoms with Crippen LogP contribution >= 0.6 is 0 Å². The van der Waals surface area contributed by atoms with E-state index in [-0.39, 0.29) is 5.91 Å². The number of imidazole rings is 1. The summed E-state index contributed by atoms with van der Waals surface area (Å²) in [7, 11) is 0. The molecule has 27 heavy (non-hydrogen) atoms. The molecule has 0 aliphatic heterocycles. The van der Waals surface area contributed by atoms with E-state index >= 15 is 0 Å². The summed E-state index contributed by atoms with van der Waals surface area (Å²) in [5.74, 6) is 0.796. The number of amides is 1. The van der Waals surface area contributed by atoms with Gasteiger partial charge >= 0.3 is 0 Å². The van der Waals surface area contributed by atoms with Crippen LogP contribution in [0.1, 0.15) is 43.9 Å². The van der Waals surface area contributed by atoms with Crippen molar-refractivity contribution in [2.75, 3.05) is 11.4 Å². The molecule has 0 aliphatic carbocycles. The van der Waals surface area contributed by atoms with Gasteiger partial charge in [0.1, 0.15) is 5.82 Å². The van der Waals surface area contributed by atoms with E-state index in [1.165, 1.54) is 0 Å². The molecule has 0 saturated carbocycles. The first-order valence-electron chi connectivity index (χ1n) is 9.64. The molecule has 1 heterocycles. The minimum absolute atomic E-state index is 0.0798. The summed E-state index contributed by atoms with van der Waals surface area (Å²) in [5.41, 5.74) is 3.86. The van der Waals surface area contributed by atoms with Crippen molar-refractivity contribution in [3.63, 3.8) is 0 Å². The fourth-order valence-corrected chi connectivity index (χ4v) is 3.52. The zero-order valence-electron chi connectivity index (χ0n) is 16.6. The van der Waals surface area contributed by atoms with E-state index in [4.69, 9.17) is 0 Å². The van der Waals surface area contributed by atoms with Crippen molar-refractivity contribution in [2.24, 2.45) is 0 Å². The molecule has 142 valence electrons. The van der Waals surface area contributed by atoms with E-state index in [1.807, 2.05) is 42.5 Å². The highest BCUT2D eigenvalue weighted by Crippen LogP contribution is 2.18. The fraction of sp³-hybridized carbons (Fsp3) is 0.364. The highest BCUT2D eigenvalue weighted by atomic mass is 16.1. The molecule has 0 unspecified atom stereocenters. The van der Waals surface area contributed by atoms with E-state index in [1.54, 1.807) is 0 Å². The van der Waals surface area contributed by atoms with Gasteiger partial charge in [-0.15, -0.1) is 0 Å². The van der Waals surface area contributed by atoms with Gasteiger partial charge in [0.15, 0.2) is 0 Å². The molecule has 3 rings (SSSR count). The molecule has 0 radical (unpaired) electrons. The first-order chi connectivity index (χ1) is 13.0. The van der Waals surface area contributed by atoms with Crippen LogP contribution in [-0.4, -0.2) is 28.0 Å². The lowest BCUT2D eigenvalue weighted by molar-refractivity contribution is 0.0949. The topological polar surface area (TPSA) is 50.2 Å². The van der Waals surface area contributed by atoms with E-state index < -0.39 is 0 Å². The van der Waals surface area contributed by atoms with Crippen LogP contribution in [0.4, 0.5) is 5.69 Å². The van der Waals surface area contributed by atoms with Crippen molar-refractivity contribution in [3.8, 4) is 0 Å². The van der Waals surface area contributed by atoms with Gasteiger partial charge in [0, 0.05) is 30.4 Å². The van der Waals surface area contributed by atoms with Crippen LogP contribution in [0.25, 0.3) is 11.0 Å². The summed E-state index contributed by atoms with van der Waals surface area (Å²) in [6, 6.07) is 16.3. The van der Waals surface area contributed by atoms with Crippen LogP contribution in [-0.2, 0) is 13.1 Å². The minimum Gasteiger partial charge on any atom is -0.369 e. The Labute approximate surface area is 161 Å². The van der Waals surface area contributed by atoms with Crippen LogP contribution < -0.4 is 10.2 Å². The maximum absolute atomic E-state index is 12.6. The third-order valence-corrected chi connectivity index (χ3v) is 4.88. The maximum atomic E-state index is 12.6. The van der Waals surface area contributed by atoms with Crippen LogP contribution in [0.5, 0.6) is 0 Å². The van der Waals surface area contributed by atoms with Crippen LogP contribution in [0.2, 0.25) is 0 Å². The molecular formula is C22H28N4O. The Kier molecular flexibility index (Phi) is 5.79. The molecule has 5 nitrogen and oxygen atoms in total. The molecule has 0 atom stereocenters. The van der Waals surface area contributed by atoms with Crippen molar-refractivity contribution in [1.29, 1.82) is 0 Å². The van der Waals surface area contributed by atoms with Crippen molar-refractivity contribution in [2.45, 2.75) is 46.8 Å². The van der Waals surface area contributed by atoms with Gasteiger partial charge < -0.3 is 14.8 Å². The highest BCUT2D eigenvalue weighted by Gasteiger charge is 2.13. The fourth-order valence-electron chi connectivity index (χ4n) is 3.52. The van der Waals surface area contributed by atoms with Gasteiger partial charge in [0.05, 0.1) is 17.6 Å². The Bertz CT molecular complexity index is 912. The molecule has 0 saturated heterocycles. The monoisotopic (exact) mass is 364 g/mol. The zero-order valence-corrected chi connectivity index (χ0v) is 16.6. The molecule has 1 N–H and O–H groups in total. The number of carbonyl (C=O) groups excluding carboxylic acids is 1. The molecule has 0 fully saturated rings. The van der Waals surface area contributed by atoms with E-state index in [0.29, 0.717) is 18.2 Å². The molecular weight excluding hydrogens is 336 g/mol. The molecule has 3 aromatic rings. The number of hydrogen-bond acceptors (Lipinski definition) is 3. The number of carbonyl (C=O) groups is 1. The molecule has 0 bridgehead atoms. The molecule has 0 spiro atoms. The van der Waals surface area contributed by atoms with E-state index in [2.05, 4.69) is 53.5 Å². The van der Waals surface area contributed by atoms with E-state index in [9.17, 15) is 4.79 Å². The van der Waals surface area contributed by atoms with Gasteiger partial charge in [0.25, 0.3) is 5.91 Å². The van der Waals surface area contributed by atoms with Crippen LogP contribution in [0.15, 0.2) is 48.5 Å². The van der Waals surface area contributed by atoms with Gasteiger partial charge in [0.2, 0.25) is 0 Å². The first-order valence-corrected chi connectivity index (χ1v) is 9.64. The second kappa shape index (κ2) is 8.25. The maximum Gasteiger partial charge on any atom is 0.251 e. The third-order valence-electron chi connectivity index (χ3n) is 4.88. The van der Waals surface area contributed by atoms with Gasteiger partial charge in [-0.1, -0.05) is 12.1 Å². The summed E-state index contributed by atoms with van der Waals surface area (Å²) in [5, 5.41) is 3.00. The summed E-state index contributed by atoms with van der Waals surface area (Å²) in [6.07, 6.45) is 0. The molecule has 2 aromatic carbocycles. The number of nitrogens with zero attached hydrogens (tertiary/aromatic N) is 3. The lowest BCUT2D eigenvalue weighted by Gasteiger charge is -2.27. The number of aryl methyl sites for hydroxylation is 1. The number of nitrogens with one attached hydrogen (secondary N) is 1. The Morgan fingerprint density at radius 3 is 2.44 bits per heavy atom. The second-order valence-corrected chi connectivity index (χ2v) is 6.87. The van der Waals surface area contributed by atoms with Gasteiger partial charge in [-0.25, -0.2) is 4.98 Å². The van der Waals surface area contributed by atoms with Crippen LogP contribution in [0, 0.1) is 0 Å². The Morgan fingerprint density at radius 1 is 1.11 bits per heavy atom. The van der Waals surface area contributed by atoms with E-state index in [0.717, 1.165) is 35.6 Å². The lowest BCUT2D eigenvalue weighted by Crippen LogP contribution is -2.30. The standard InChI is InChI=1S/C22H28N4O/c1-5-25(16(3)4)18-13-11-17(12-14-18)22(27)23-15-21-24-19-9-7-8-10-20(19)26(21)6-2/h7-14,16H,5-6,15H2,1-4H3,(H,23,27). The largest absolute Gasteiger partial charge is 0.369 e.